The standard InChI is InChI=1S/C58H37N3/c1-4-16-40(17-5-1)48-36-50-47-24-12-15-27-53(47)58(51-25-13-10-22-45(51)46-23-11-14-26-52(46)58)54(50)37-49(48)41-32-28-38(29-33-41)39-30-34-44(35-31-39)57-60-55(42-18-6-2-7-19-42)59-56(61-57)43-20-8-3-9-21-43/h1-37H. The minimum absolute atomic E-state index is 0.410. The molecule has 0 unspecified atom stereocenters. The number of fused-ring (bicyclic) bond motifs is 10. The summed E-state index contributed by atoms with van der Waals surface area (Å²) in [5, 5.41) is 0. The smallest absolute Gasteiger partial charge is 0.164 e. The van der Waals surface area contributed by atoms with Gasteiger partial charge in [-0.15, -0.1) is 0 Å². The molecular formula is C58H37N3. The molecule has 0 N–H and O–H groups in total. The molecule has 10 aromatic rings. The van der Waals surface area contributed by atoms with Crippen molar-refractivity contribution in [3.05, 3.63) is 247 Å². The zero-order valence-corrected chi connectivity index (χ0v) is 33.2. The highest BCUT2D eigenvalue weighted by Gasteiger charge is 2.51. The predicted octanol–water partition coefficient (Wildman–Crippen LogP) is 14.2. The van der Waals surface area contributed by atoms with Gasteiger partial charge < -0.3 is 0 Å². The van der Waals surface area contributed by atoms with Crippen LogP contribution in [0, 0.1) is 0 Å². The predicted molar refractivity (Wildman–Crippen MR) is 249 cm³/mol. The van der Waals surface area contributed by atoms with E-state index in [1.807, 2.05) is 60.7 Å². The second kappa shape index (κ2) is 14.1. The Morgan fingerprint density at radius 1 is 0.213 bits per heavy atom. The molecule has 0 bridgehead atoms. The Labute approximate surface area is 355 Å². The molecule has 12 rings (SSSR count). The molecule has 9 aromatic carbocycles. The molecule has 0 saturated carbocycles. The normalized spacial score (nSPS) is 12.7. The van der Waals surface area contributed by atoms with Crippen LogP contribution in [0.1, 0.15) is 22.3 Å². The lowest BCUT2D eigenvalue weighted by atomic mass is 9.70. The van der Waals surface area contributed by atoms with Crippen LogP contribution in [-0.4, -0.2) is 15.0 Å². The van der Waals surface area contributed by atoms with E-state index in [0.717, 1.165) is 27.8 Å². The van der Waals surface area contributed by atoms with E-state index in [1.165, 1.54) is 66.8 Å². The van der Waals surface area contributed by atoms with E-state index in [1.54, 1.807) is 0 Å². The second-order valence-electron chi connectivity index (χ2n) is 15.9. The quantitative estimate of drug-likeness (QED) is 0.169. The van der Waals surface area contributed by atoms with Crippen molar-refractivity contribution < 1.29 is 0 Å². The van der Waals surface area contributed by atoms with Crippen molar-refractivity contribution in [1.29, 1.82) is 0 Å². The third-order valence-electron chi connectivity index (χ3n) is 12.6. The summed E-state index contributed by atoms with van der Waals surface area (Å²) >= 11 is 0. The summed E-state index contributed by atoms with van der Waals surface area (Å²) in [4.78, 5) is 14.8. The lowest BCUT2D eigenvalue weighted by molar-refractivity contribution is 0.794. The van der Waals surface area contributed by atoms with E-state index in [-0.39, 0.29) is 0 Å². The van der Waals surface area contributed by atoms with E-state index in [2.05, 4.69) is 164 Å². The molecular weight excluding hydrogens is 739 g/mol. The van der Waals surface area contributed by atoms with E-state index in [9.17, 15) is 0 Å². The topological polar surface area (TPSA) is 38.7 Å². The number of rotatable bonds is 6. The first-order valence-corrected chi connectivity index (χ1v) is 20.9. The maximum Gasteiger partial charge on any atom is 0.164 e. The Hall–Kier alpha value is -8.01. The minimum Gasteiger partial charge on any atom is -0.208 e. The van der Waals surface area contributed by atoms with E-state index in [0.29, 0.717) is 17.5 Å². The van der Waals surface area contributed by atoms with Crippen LogP contribution in [0.2, 0.25) is 0 Å². The fraction of sp³-hybridized carbons (Fsp3) is 0.0172. The van der Waals surface area contributed by atoms with E-state index < -0.39 is 5.41 Å². The summed E-state index contributed by atoms with van der Waals surface area (Å²) in [5.74, 6) is 1.95. The van der Waals surface area contributed by atoms with Gasteiger partial charge in [0.1, 0.15) is 0 Å². The van der Waals surface area contributed by atoms with Crippen molar-refractivity contribution in [3.8, 4) is 89.8 Å². The number of hydrogen-bond acceptors (Lipinski definition) is 3. The van der Waals surface area contributed by atoms with Crippen molar-refractivity contribution in [2.24, 2.45) is 0 Å². The van der Waals surface area contributed by atoms with Gasteiger partial charge in [-0.05, 0) is 90.0 Å². The van der Waals surface area contributed by atoms with Crippen LogP contribution in [-0.2, 0) is 5.41 Å². The molecule has 0 fully saturated rings. The first-order chi connectivity index (χ1) is 30.2. The van der Waals surface area contributed by atoms with Crippen molar-refractivity contribution in [2.75, 3.05) is 0 Å². The molecule has 0 saturated heterocycles. The highest BCUT2D eigenvalue weighted by molar-refractivity contribution is 5.99. The zero-order chi connectivity index (χ0) is 40.3. The highest BCUT2D eigenvalue weighted by Crippen LogP contribution is 2.63. The van der Waals surface area contributed by atoms with Gasteiger partial charge in [0, 0.05) is 16.7 Å². The van der Waals surface area contributed by atoms with Crippen LogP contribution in [0.15, 0.2) is 224 Å². The second-order valence-corrected chi connectivity index (χ2v) is 15.9. The van der Waals surface area contributed by atoms with Gasteiger partial charge in [0.25, 0.3) is 0 Å². The molecule has 0 aliphatic heterocycles. The largest absolute Gasteiger partial charge is 0.208 e. The van der Waals surface area contributed by atoms with Crippen molar-refractivity contribution >= 4 is 0 Å². The first kappa shape index (κ1) is 35.0. The zero-order valence-electron chi connectivity index (χ0n) is 33.2. The monoisotopic (exact) mass is 775 g/mol. The lowest BCUT2D eigenvalue weighted by Gasteiger charge is -2.31. The summed E-state index contributed by atoms with van der Waals surface area (Å²) in [6.45, 7) is 0. The fourth-order valence-corrected chi connectivity index (χ4v) is 9.83. The summed E-state index contributed by atoms with van der Waals surface area (Å²) in [6.07, 6.45) is 0. The van der Waals surface area contributed by atoms with Gasteiger partial charge in [0.2, 0.25) is 0 Å². The molecule has 1 aromatic heterocycles. The Morgan fingerprint density at radius 2 is 0.525 bits per heavy atom. The molecule has 2 aliphatic rings. The number of nitrogens with zero attached hydrogens (tertiary/aromatic N) is 3. The van der Waals surface area contributed by atoms with Crippen molar-refractivity contribution in [3.63, 3.8) is 0 Å². The Morgan fingerprint density at radius 3 is 0.984 bits per heavy atom. The van der Waals surface area contributed by atoms with Gasteiger partial charge in [-0.1, -0.05) is 212 Å². The van der Waals surface area contributed by atoms with Crippen LogP contribution >= 0.6 is 0 Å². The average molecular weight is 776 g/mol. The van der Waals surface area contributed by atoms with Gasteiger partial charge in [-0.2, -0.15) is 0 Å². The van der Waals surface area contributed by atoms with Crippen LogP contribution in [0.3, 0.4) is 0 Å². The third kappa shape index (κ3) is 5.55. The van der Waals surface area contributed by atoms with Gasteiger partial charge in [0.15, 0.2) is 17.5 Å². The molecule has 0 atom stereocenters. The highest BCUT2D eigenvalue weighted by atomic mass is 15.0. The minimum atomic E-state index is -0.410. The van der Waals surface area contributed by atoms with Gasteiger partial charge in [0.05, 0.1) is 5.41 Å². The number of benzene rings is 9. The number of hydrogen-bond donors (Lipinski definition) is 0. The Kier molecular flexibility index (Phi) is 8.07. The molecule has 2 aliphatic carbocycles. The van der Waals surface area contributed by atoms with Crippen molar-refractivity contribution in [1.82, 2.24) is 15.0 Å². The molecule has 0 amide bonds. The molecule has 3 nitrogen and oxygen atoms in total. The van der Waals surface area contributed by atoms with Crippen LogP contribution in [0.4, 0.5) is 0 Å². The third-order valence-corrected chi connectivity index (χ3v) is 12.6. The molecule has 1 heterocycles. The summed E-state index contributed by atoms with van der Waals surface area (Å²) in [6, 6.07) is 80.7. The van der Waals surface area contributed by atoms with Gasteiger partial charge in [-0.3, -0.25) is 0 Å². The van der Waals surface area contributed by atoms with E-state index in [4.69, 9.17) is 15.0 Å². The SMILES string of the molecule is c1ccc(-c2nc(-c3ccccc3)nc(-c3ccc(-c4ccc(-c5cc6c(cc5-c5ccccc5)-c5ccccc5C65c6ccccc6-c6ccccc65)cc4)cc3)n2)cc1. The van der Waals surface area contributed by atoms with Crippen LogP contribution < -0.4 is 0 Å². The molecule has 61 heavy (non-hydrogen) atoms. The molecule has 1 spiro atoms. The summed E-state index contributed by atoms with van der Waals surface area (Å²) in [5.41, 5.74) is 20.2. The summed E-state index contributed by atoms with van der Waals surface area (Å²) < 4.78 is 0. The molecule has 284 valence electrons. The molecule has 0 radical (unpaired) electrons. The van der Waals surface area contributed by atoms with E-state index >= 15 is 0 Å². The Bertz CT molecular complexity index is 3160. The van der Waals surface area contributed by atoms with Crippen LogP contribution in [0.25, 0.3) is 89.8 Å². The Balaban J connectivity index is 0.962. The summed E-state index contributed by atoms with van der Waals surface area (Å²) in [7, 11) is 0. The van der Waals surface area contributed by atoms with Crippen LogP contribution in [0.5, 0.6) is 0 Å². The average Bonchev–Trinajstić information content (AvgIpc) is 3.81. The lowest BCUT2D eigenvalue weighted by Crippen LogP contribution is -2.25. The maximum atomic E-state index is 4.95. The van der Waals surface area contributed by atoms with Crippen molar-refractivity contribution in [2.45, 2.75) is 5.41 Å². The molecule has 3 heteroatoms. The van der Waals surface area contributed by atoms with Gasteiger partial charge >= 0.3 is 0 Å². The number of aromatic nitrogens is 3. The first-order valence-electron chi connectivity index (χ1n) is 20.9. The fourth-order valence-electron chi connectivity index (χ4n) is 9.83. The maximum absolute atomic E-state index is 4.95. The van der Waals surface area contributed by atoms with Gasteiger partial charge in [-0.25, -0.2) is 15.0 Å².